The smallest absolute Gasteiger partial charge is 0.232 e. The van der Waals surface area contributed by atoms with Gasteiger partial charge in [-0.2, -0.15) is 5.26 Å². The number of halogens is 1. The van der Waals surface area contributed by atoms with E-state index in [-0.39, 0.29) is 6.04 Å². The molecule has 0 amide bonds. The summed E-state index contributed by atoms with van der Waals surface area (Å²) in [5, 5.41) is 13.6. The third-order valence-electron chi connectivity index (χ3n) is 5.90. The summed E-state index contributed by atoms with van der Waals surface area (Å²) in [6, 6.07) is 10.3. The Morgan fingerprint density at radius 3 is 2.59 bits per heavy atom. The van der Waals surface area contributed by atoms with Crippen molar-refractivity contribution in [2.45, 2.75) is 44.1 Å². The highest BCUT2D eigenvalue weighted by Crippen LogP contribution is 2.34. The fraction of sp³-hybridized carbons (Fsp3) is 0.545. The number of nitriles is 1. The van der Waals surface area contributed by atoms with Gasteiger partial charge in [0.05, 0.1) is 19.3 Å². The molecule has 1 N–H and O–H groups in total. The summed E-state index contributed by atoms with van der Waals surface area (Å²) in [5.74, 6) is 1.52. The van der Waals surface area contributed by atoms with Gasteiger partial charge in [-0.05, 0) is 30.5 Å². The van der Waals surface area contributed by atoms with Gasteiger partial charge in [0.15, 0.2) is 0 Å². The van der Waals surface area contributed by atoms with Crippen molar-refractivity contribution in [3.8, 4) is 6.07 Å². The molecular formula is C22H27ClN4O2. The van der Waals surface area contributed by atoms with Gasteiger partial charge in [-0.3, -0.25) is 4.90 Å². The second kappa shape index (κ2) is 9.62. The number of hydrogen-bond donors (Lipinski definition) is 1. The van der Waals surface area contributed by atoms with Crippen LogP contribution in [0.1, 0.15) is 61.2 Å². The monoisotopic (exact) mass is 414 g/mol. The lowest BCUT2D eigenvalue weighted by atomic mass is 9.89. The summed E-state index contributed by atoms with van der Waals surface area (Å²) >= 11 is 6.08. The van der Waals surface area contributed by atoms with Crippen LogP contribution < -0.4 is 5.32 Å². The van der Waals surface area contributed by atoms with Gasteiger partial charge < -0.3 is 14.5 Å². The molecule has 2 fully saturated rings. The maximum absolute atomic E-state index is 9.54. The first-order valence-electron chi connectivity index (χ1n) is 10.5. The number of nitrogens with zero attached hydrogens (tertiary/aromatic N) is 3. The van der Waals surface area contributed by atoms with Crippen LogP contribution in [0.5, 0.6) is 0 Å². The number of benzene rings is 1. The third-order valence-corrected chi connectivity index (χ3v) is 6.15. The number of ether oxygens (including phenoxy) is 1. The molecule has 1 aromatic carbocycles. The molecule has 1 saturated carbocycles. The molecule has 6 nitrogen and oxygen atoms in total. The molecular weight excluding hydrogens is 388 g/mol. The Labute approximate surface area is 176 Å². The predicted molar refractivity (Wildman–Crippen MR) is 112 cm³/mol. The highest BCUT2D eigenvalue weighted by atomic mass is 35.5. The zero-order chi connectivity index (χ0) is 20.1. The van der Waals surface area contributed by atoms with Gasteiger partial charge in [-0.25, -0.2) is 4.98 Å². The number of hydrogen-bond acceptors (Lipinski definition) is 6. The fourth-order valence-corrected chi connectivity index (χ4v) is 4.40. The maximum atomic E-state index is 9.54. The van der Waals surface area contributed by atoms with Crippen LogP contribution in [-0.2, 0) is 4.74 Å². The topological polar surface area (TPSA) is 74.3 Å². The first-order chi connectivity index (χ1) is 14.2. The van der Waals surface area contributed by atoms with Crippen LogP contribution in [0.2, 0.25) is 5.02 Å². The first-order valence-corrected chi connectivity index (χ1v) is 10.8. The van der Waals surface area contributed by atoms with E-state index in [1.54, 1.807) is 0 Å². The van der Waals surface area contributed by atoms with Crippen molar-refractivity contribution in [1.29, 1.82) is 5.26 Å². The third kappa shape index (κ3) is 4.92. The molecule has 0 radical (unpaired) electrons. The highest BCUT2D eigenvalue weighted by Gasteiger charge is 2.26. The predicted octanol–water partition coefficient (Wildman–Crippen LogP) is 4.73. The van der Waals surface area contributed by atoms with Crippen LogP contribution in [0, 0.1) is 11.3 Å². The molecule has 2 aromatic rings. The van der Waals surface area contributed by atoms with E-state index >= 15 is 0 Å². The van der Waals surface area contributed by atoms with E-state index in [4.69, 9.17) is 20.8 Å². The van der Waals surface area contributed by atoms with E-state index in [1.807, 2.05) is 12.1 Å². The molecule has 1 aliphatic carbocycles. The van der Waals surface area contributed by atoms with Crippen molar-refractivity contribution < 1.29 is 9.15 Å². The Morgan fingerprint density at radius 2 is 1.90 bits per heavy atom. The molecule has 1 aliphatic heterocycles. The number of nitrogens with one attached hydrogen (secondary N) is 1. The van der Waals surface area contributed by atoms with Crippen LogP contribution in [0.25, 0.3) is 0 Å². The zero-order valence-corrected chi connectivity index (χ0v) is 17.3. The number of rotatable bonds is 6. The maximum Gasteiger partial charge on any atom is 0.232 e. The number of aromatic nitrogens is 1. The van der Waals surface area contributed by atoms with Crippen molar-refractivity contribution >= 4 is 17.5 Å². The van der Waals surface area contributed by atoms with E-state index in [1.165, 1.54) is 24.8 Å². The van der Waals surface area contributed by atoms with Crippen molar-refractivity contribution in [3.05, 3.63) is 46.4 Å². The largest absolute Gasteiger partial charge is 0.424 e. The van der Waals surface area contributed by atoms with Crippen molar-refractivity contribution in [3.63, 3.8) is 0 Å². The minimum Gasteiger partial charge on any atom is -0.424 e. The summed E-state index contributed by atoms with van der Waals surface area (Å²) in [4.78, 5) is 6.88. The minimum atomic E-state index is 0.131. The quantitative estimate of drug-likeness (QED) is 0.736. The number of anilines is 1. The number of morpholine rings is 1. The summed E-state index contributed by atoms with van der Waals surface area (Å²) in [7, 11) is 0. The average Bonchev–Trinajstić information content (AvgIpc) is 3.20. The Kier molecular flexibility index (Phi) is 6.70. The molecule has 2 aliphatic rings. The summed E-state index contributed by atoms with van der Waals surface area (Å²) in [5.41, 5.74) is 1.52. The van der Waals surface area contributed by atoms with Gasteiger partial charge in [-0.1, -0.05) is 43.0 Å². The van der Waals surface area contributed by atoms with Crippen molar-refractivity contribution in [2.24, 2.45) is 0 Å². The lowest BCUT2D eigenvalue weighted by molar-refractivity contribution is 0.0186. The molecule has 1 saturated heterocycles. The van der Waals surface area contributed by atoms with E-state index < -0.39 is 0 Å². The van der Waals surface area contributed by atoms with Crippen LogP contribution >= 0.6 is 11.6 Å². The van der Waals surface area contributed by atoms with Crippen molar-refractivity contribution in [2.75, 3.05) is 38.2 Å². The van der Waals surface area contributed by atoms with Crippen LogP contribution in [0.4, 0.5) is 5.88 Å². The van der Waals surface area contributed by atoms with Gasteiger partial charge in [0, 0.05) is 30.6 Å². The SMILES string of the molecule is N#Cc1nc(C2CCCCC2)oc1NCC(c1ccc(Cl)cc1)N1CCOCC1. The lowest BCUT2D eigenvalue weighted by Gasteiger charge is -2.35. The summed E-state index contributed by atoms with van der Waals surface area (Å²) in [6.45, 7) is 3.80. The Morgan fingerprint density at radius 1 is 1.17 bits per heavy atom. The minimum absolute atomic E-state index is 0.131. The van der Waals surface area contributed by atoms with Gasteiger partial charge in [0.2, 0.25) is 17.5 Å². The molecule has 2 heterocycles. The molecule has 7 heteroatoms. The lowest BCUT2D eigenvalue weighted by Crippen LogP contribution is -2.41. The summed E-state index contributed by atoms with van der Waals surface area (Å²) < 4.78 is 11.5. The van der Waals surface area contributed by atoms with Crippen LogP contribution in [-0.4, -0.2) is 42.7 Å². The molecule has 0 spiro atoms. The summed E-state index contributed by atoms with van der Waals surface area (Å²) in [6.07, 6.45) is 5.86. The van der Waals surface area contributed by atoms with Gasteiger partial charge >= 0.3 is 0 Å². The zero-order valence-electron chi connectivity index (χ0n) is 16.6. The standard InChI is InChI=1S/C22H27ClN4O2/c23-18-8-6-16(7-9-18)20(27-10-12-28-13-11-27)15-25-22-19(14-24)26-21(29-22)17-4-2-1-3-5-17/h6-9,17,20,25H,1-5,10-13,15H2. The van der Waals surface area contributed by atoms with Gasteiger partial charge in [0.1, 0.15) is 6.07 Å². The average molecular weight is 415 g/mol. The van der Waals surface area contributed by atoms with E-state index in [2.05, 4.69) is 33.4 Å². The highest BCUT2D eigenvalue weighted by molar-refractivity contribution is 6.30. The number of oxazole rings is 1. The van der Waals surface area contributed by atoms with Crippen molar-refractivity contribution in [1.82, 2.24) is 9.88 Å². The fourth-order valence-electron chi connectivity index (χ4n) is 4.28. The van der Waals surface area contributed by atoms with Gasteiger partial charge in [-0.15, -0.1) is 0 Å². The van der Waals surface area contributed by atoms with Crippen LogP contribution in [0.3, 0.4) is 0 Å². The molecule has 4 rings (SSSR count). The molecule has 1 atom stereocenters. The van der Waals surface area contributed by atoms with Crippen LogP contribution in [0.15, 0.2) is 28.7 Å². The molecule has 1 unspecified atom stereocenters. The first kappa shape index (κ1) is 20.2. The van der Waals surface area contributed by atoms with E-state index in [0.29, 0.717) is 29.9 Å². The second-order valence-electron chi connectivity index (χ2n) is 7.77. The van der Waals surface area contributed by atoms with E-state index in [0.717, 1.165) is 44.2 Å². The van der Waals surface area contributed by atoms with Gasteiger partial charge in [0.25, 0.3) is 0 Å². The molecule has 154 valence electrons. The molecule has 0 bridgehead atoms. The second-order valence-corrected chi connectivity index (χ2v) is 8.21. The van der Waals surface area contributed by atoms with E-state index in [9.17, 15) is 5.26 Å². The normalized spacial score (nSPS) is 19.6. The molecule has 1 aromatic heterocycles. The Bertz CT molecular complexity index is 833. The Hall–Kier alpha value is -2.07. The molecule has 29 heavy (non-hydrogen) atoms. The Balaban J connectivity index is 1.51.